The molecule has 6 heteroatoms. The van der Waals surface area contributed by atoms with Gasteiger partial charge >= 0.3 is 0 Å². The topological polar surface area (TPSA) is 60.9 Å². The van der Waals surface area contributed by atoms with Gasteiger partial charge < -0.3 is 14.9 Å². The summed E-state index contributed by atoms with van der Waals surface area (Å²) in [7, 11) is 0. The summed E-state index contributed by atoms with van der Waals surface area (Å²) in [4.78, 5) is 29.3. The number of halogens is 1. The summed E-state index contributed by atoms with van der Waals surface area (Å²) in [6.45, 7) is 5.42. The summed E-state index contributed by atoms with van der Waals surface area (Å²) in [6, 6.07) is 7.90. The third-order valence-corrected chi connectivity index (χ3v) is 8.07. The Morgan fingerprint density at radius 2 is 1.78 bits per heavy atom. The van der Waals surface area contributed by atoms with Gasteiger partial charge in [-0.1, -0.05) is 69.2 Å². The van der Waals surface area contributed by atoms with Crippen molar-refractivity contribution in [2.24, 2.45) is 11.8 Å². The highest BCUT2D eigenvalue weighted by molar-refractivity contribution is 6.30. The summed E-state index contributed by atoms with van der Waals surface area (Å²) in [6.07, 6.45) is 15.0. The van der Waals surface area contributed by atoms with E-state index in [-0.39, 0.29) is 23.8 Å². The molecule has 0 unspecified atom stereocenters. The van der Waals surface area contributed by atoms with E-state index in [1.807, 2.05) is 35.2 Å². The molecular formula is C30H45ClN2O3. The van der Waals surface area contributed by atoms with Crippen molar-refractivity contribution in [1.29, 1.82) is 0 Å². The van der Waals surface area contributed by atoms with Gasteiger partial charge in [0.05, 0.1) is 6.10 Å². The van der Waals surface area contributed by atoms with Gasteiger partial charge in [0.25, 0.3) is 0 Å². The van der Waals surface area contributed by atoms with Crippen molar-refractivity contribution in [3.8, 4) is 0 Å². The number of anilines is 1. The normalized spacial score (nSPS) is 21.5. The van der Waals surface area contributed by atoms with Gasteiger partial charge in [-0.25, -0.2) is 0 Å². The molecule has 1 saturated heterocycles. The number of carbonyl (C=O) groups is 2. The molecule has 200 valence electrons. The fraction of sp³-hybridized carbons (Fsp3) is 0.667. The van der Waals surface area contributed by atoms with E-state index in [9.17, 15) is 14.7 Å². The third-order valence-electron chi connectivity index (χ3n) is 7.82. The lowest BCUT2D eigenvalue weighted by molar-refractivity contribution is -0.131. The number of amides is 1. The Kier molecular flexibility index (Phi) is 12.3. The van der Waals surface area contributed by atoms with Crippen molar-refractivity contribution in [3.05, 3.63) is 41.4 Å². The van der Waals surface area contributed by atoms with Crippen molar-refractivity contribution in [3.63, 3.8) is 0 Å². The number of benzene rings is 1. The van der Waals surface area contributed by atoms with Crippen LogP contribution in [0.1, 0.15) is 84.0 Å². The monoisotopic (exact) mass is 516 g/mol. The van der Waals surface area contributed by atoms with Crippen LogP contribution in [0.3, 0.4) is 0 Å². The van der Waals surface area contributed by atoms with Gasteiger partial charge in [-0.2, -0.15) is 0 Å². The molecule has 1 aliphatic heterocycles. The average molecular weight is 517 g/mol. The van der Waals surface area contributed by atoms with Crippen LogP contribution in [0.2, 0.25) is 5.02 Å². The van der Waals surface area contributed by atoms with Gasteiger partial charge in [0.1, 0.15) is 5.78 Å². The Hall–Kier alpha value is -1.85. The Bertz CT molecular complexity index is 833. The number of allylic oxidation sites excluding steroid dienone is 1. The molecule has 2 fully saturated rings. The second-order valence-electron chi connectivity index (χ2n) is 10.5. The first-order valence-corrected chi connectivity index (χ1v) is 14.5. The lowest BCUT2D eigenvalue weighted by atomic mass is 9.89. The standard InChI is InChI=1S/C30H45ClN2O3/c1-2-3-6-9-27(34)18-12-24-13-19-29(35)28(24)10-7-4-5-8-11-30(36)33-22-20-32(21-23-33)26-16-14-25(31)15-17-26/h12,14-18,24,27-28,34H,2-11,13,19-23H2,1H3/t24-,27+,28+/m0/s1. The van der Waals surface area contributed by atoms with E-state index >= 15 is 0 Å². The molecule has 0 spiro atoms. The SMILES string of the molecule is CCCCC[C@@H](O)C=C[C@H]1CCC(=O)[C@@H]1CCCCCCC(=O)N1CCN(c2ccc(Cl)cc2)CC1. The quantitative estimate of drug-likeness (QED) is 0.229. The minimum Gasteiger partial charge on any atom is -0.389 e. The largest absolute Gasteiger partial charge is 0.389 e. The third kappa shape index (κ3) is 9.23. The van der Waals surface area contributed by atoms with Gasteiger partial charge in [-0.05, 0) is 55.9 Å². The molecule has 1 amide bonds. The van der Waals surface area contributed by atoms with Crippen LogP contribution in [0.4, 0.5) is 5.69 Å². The van der Waals surface area contributed by atoms with Crippen LogP contribution >= 0.6 is 11.6 Å². The van der Waals surface area contributed by atoms with Crippen LogP contribution in [0.5, 0.6) is 0 Å². The number of Topliss-reactive ketones (excluding diaryl/α,β-unsaturated/α-hetero) is 1. The Morgan fingerprint density at radius 3 is 2.50 bits per heavy atom. The summed E-state index contributed by atoms with van der Waals surface area (Å²) in [5, 5.41) is 10.9. The van der Waals surface area contributed by atoms with Gasteiger partial charge in [0.15, 0.2) is 0 Å². The number of rotatable bonds is 14. The van der Waals surface area contributed by atoms with E-state index in [0.717, 1.165) is 101 Å². The first-order chi connectivity index (χ1) is 17.5. The van der Waals surface area contributed by atoms with E-state index in [0.29, 0.717) is 18.6 Å². The van der Waals surface area contributed by atoms with E-state index in [4.69, 9.17) is 11.6 Å². The molecule has 2 aliphatic rings. The molecule has 1 saturated carbocycles. The summed E-state index contributed by atoms with van der Waals surface area (Å²) in [5.74, 6) is 1.05. The maximum absolute atomic E-state index is 12.6. The number of unbranched alkanes of at least 4 members (excludes halogenated alkanes) is 5. The molecule has 0 aromatic heterocycles. The van der Waals surface area contributed by atoms with Crippen LogP contribution in [0.25, 0.3) is 0 Å². The number of aliphatic hydroxyl groups is 1. The van der Waals surface area contributed by atoms with Crippen LogP contribution in [0.15, 0.2) is 36.4 Å². The predicted octanol–water partition coefficient (Wildman–Crippen LogP) is 6.42. The Labute approximate surface area is 222 Å². The second kappa shape index (κ2) is 15.4. The summed E-state index contributed by atoms with van der Waals surface area (Å²) in [5.41, 5.74) is 1.16. The zero-order valence-electron chi connectivity index (χ0n) is 22.0. The fourth-order valence-corrected chi connectivity index (χ4v) is 5.65. The molecule has 1 aliphatic carbocycles. The van der Waals surface area contributed by atoms with Crippen LogP contribution in [0, 0.1) is 11.8 Å². The highest BCUT2D eigenvalue weighted by Crippen LogP contribution is 2.34. The summed E-state index contributed by atoms with van der Waals surface area (Å²) < 4.78 is 0. The average Bonchev–Trinajstić information content (AvgIpc) is 3.24. The molecule has 5 nitrogen and oxygen atoms in total. The fourth-order valence-electron chi connectivity index (χ4n) is 5.53. The minimum absolute atomic E-state index is 0.114. The molecule has 0 radical (unpaired) electrons. The second-order valence-corrected chi connectivity index (χ2v) is 11.0. The minimum atomic E-state index is -0.383. The van der Waals surface area contributed by atoms with E-state index in [2.05, 4.69) is 17.9 Å². The van der Waals surface area contributed by atoms with Gasteiger partial charge in [-0.3, -0.25) is 9.59 Å². The van der Waals surface area contributed by atoms with Crippen molar-refractivity contribution >= 4 is 29.0 Å². The number of ketones is 1. The lowest BCUT2D eigenvalue weighted by Gasteiger charge is -2.36. The molecule has 1 N–H and O–H groups in total. The number of hydrogen-bond acceptors (Lipinski definition) is 4. The first-order valence-electron chi connectivity index (χ1n) is 14.1. The van der Waals surface area contributed by atoms with E-state index < -0.39 is 0 Å². The maximum Gasteiger partial charge on any atom is 0.222 e. The smallest absolute Gasteiger partial charge is 0.222 e. The van der Waals surface area contributed by atoms with E-state index in [1.54, 1.807) is 0 Å². The number of carbonyl (C=O) groups excluding carboxylic acids is 2. The van der Waals surface area contributed by atoms with Crippen LogP contribution in [-0.2, 0) is 9.59 Å². The summed E-state index contributed by atoms with van der Waals surface area (Å²) >= 11 is 5.98. The zero-order valence-corrected chi connectivity index (χ0v) is 22.8. The number of hydrogen-bond donors (Lipinski definition) is 1. The maximum atomic E-state index is 12.6. The number of piperazine rings is 1. The highest BCUT2D eigenvalue weighted by Gasteiger charge is 2.32. The molecule has 3 rings (SSSR count). The molecule has 1 aromatic rings. The van der Waals surface area contributed by atoms with Gasteiger partial charge in [-0.15, -0.1) is 0 Å². The molecule has 3 atom stereocenters. The molecule has 0 bridgehead atoms. The van der Waals surface area contributed by atoms with Crippen molar-refractivity contribution in [2.75, 3.05) is 31.1 Å². The van der Waals surface area contributed by atoms with Gasteiger partial charge in [0.2, 0.25) is 5.91 Å². The Morgan fingerprint density at radius 1 is 1.06 bits per heavy atom. The number of nitrogens with zero attached hydrogens (tertiary/aromatic N) is 2. The van der Waals surface area contributed by atoms with Crippen LogP contribution in [-0.4, -0.2) is 54.0 Å². The molecular weight excluding hydrogens is 472 g/mol. The first kappa shape index (κ1) is 28.7. The van der Waals surface area contributed by atoms with E-state index in [1.165, 1.54) is 0 Å². The highest BCUT2D eigenvalue weighted by atomic mass is 35.5. The number of aliphatic hydroxyl groups excluding tert-OH is 1. The molecule has 36 heavy (non-hydrogen) atoms. The van der Waals surface area contributed by atoms with Crippen LogP contribution < -0.4 is 4.90 Å². The predicted molar refractivity (Wildman–Crippen MR) is 148 cm³/mol. The van der Waals surface area contributed by atoms with Gasteiger partial charge in [0, 0.05) is 55.6 Å². The molecule has 1 heterocycles. The Balaban J connectivity index is 1.28. The van der Waals surface area contributed by atoms with Crippen molar-refractivity contribution in [2.45, 2.75) is 90.1 Å². The van der Waals surface area contributed by atoms with Crippen molar-refractivity contribution in [1.82, 2.24) is 4.90 Å². The van der Waals surface area contributed by atoms with Crippen molar-refractivity contribution < 1.29 is 14.7 Å². The lowest BCUT2D eigenvalue weighted by Crippen LogP contribution is -2.48. The zero-order chi connectivity index (χ0) is 25.8. The molecule has 1 aromatic carbocycles.